The first-order valence-corrected chi connectivity index (χ1v) is 15.8. The van der Waals surface area contributed by atoms with Crippen molar-refractivity contribution in [3.63, 3.8) is 0 Å². The molecule has 0 radical (unpaired) electrons. The Kier molecular flexibility index (Phi) is 19.1. The summed E-state index contributed by atoms with van der Waals surface area (Å²) in [4.78, 5) is 0. The monoisotopic (exact) mass is 526 g/mol. The van der Waals surface area contributed by atoms with E-state index < -0.39 is 15.3 Å². The van der Waals surface area contributed by atoms with Crippen LogP contribution in [0, 0.1) is 34.0 Å². The van der Waals surface area contributed by atoms with Gasteiger partial charge in [0, 0.05) is 25.9 Å². The molecule has 37 heavy (non-hydrogen) atoms. The normalized spacial score (nSPS) is 12.1. The molecule has 0 bridgehead atoms. The summed E-state index contributed by atoms with van der Waals surface area (Å²) >= 11 is 0. The standard InChI is InChI=1S/C30H46N4O2S/c31-24-18-11-7-3-1-5-9-13-20-26-34(27-21-14-10-6-2-4-8-12-19-25-32)37(35,36)30(28-33)29-22-16-15-17-23-29/h15-17,22-23,30H,1-14,18-21,26-27H2. The predicted octanol–water partition coefficient (Wildman–Crippen LogP) is 7.95. The molecule has 204 valence electrons. The molecule has 7 heteroatoms. The lowest BCUT2D eigenvalue weighted by Crippen LogP contribution is -2.36. The molecule has 0 saturated heterocycles. The van der Waals surface area contributed by atoms with Gasteiger partial charge in [-0.25, -0.2) is 12.7 Å². The second-order valence-electron chi connectivity index (χ2n) is 9.84. The van der Waals surface area contributed by atoms with Gasteiger partial charge < -0.3 is 0 Å². The zero-order chi connectivity index (χ0) is 27.0. The molecule has 0 aliphatic carbocycles. The number of unbranched alkanes of at least 4 members (excludes halogenated alkanes) is 16. The van der Waals surface area contributed by atoms with E-state index in [1.54, 1.807) is 28.6 Å². The highest BCUT2D eigenvalue weighted by Crippen LogP contribution is 2.26. The fourth-order valence-electron chi connectivity index (χ4n) is 4.56. The van der Waals surface area contributed by atoms with Gasteiger partial charge in [0.1, 0.15) is 0 Å². The van der Waals surface area contributed by atoms with Gasteiger partial charge >= 0.3 is 0 Å². The Morgan fingerprint density at radius 1 is 0.595 bits per heavy atom. The SMILES string of the molecule is N#CCCCCCCCCCCN(CCCCCCCCCCC#N)S(=O)(=O)C(C#N)c1ccccc1. The minimum absolute atomic E-state index is 0.467. The quantitative estimate of drug-likeness (QED) is 0.134. The van der Waals surface area contributed by atoms with Crippen LogP contribution in [0.25, 0.3) is 0 Å². The second kappa shape index (κ2) is 21.7. The maximum absolute atomic E-state index is 13.5. The van der Waals surface area contributed by atoms with Crippen LogP contribution in [0.4, 0.5) is 0 Å². The lowest BCUT2D eigenvalue weighted by atomic mass is 10.1. The molecular weight excluding hydrogens is 480 g/mol. The van der Waals surface area contributed by atoms with Gasteiger partial charge in [0.2, 0.25) is 10.0 Å². The highest BCUT2D eigenvalue weighted by atomic mass is 32.2. The molecule has 0 spiro atoms. The van der Waals surface area contributed by atoms with Crippen LogP contribution in [0.1, 0.15) is 126 Å². The Morgan fingerprint density at radius 2 is 0.973 bits per heavy atom. The number of benzene rings is 1. The molecule has 0 fully saturated rings. The third-order valence-electron chi connectivity index (χ3n) is 6.77. The number of nitriles is 3. The minimum atomic E-state index is -3.77. The van der Waals surface area contributed by atoms with Crippen molar-refractivity contribution >= 4 is 10.0 Å². The Labute approximate surface area is 226 Å². The molecule has 6 nitrogen and oxygen atoms in total. The van der Waals surface area contributed by atoms with E-state index in [-0.39, 0.29) is 0 Å². The third-order valence-corrected chi connectivity index (χ3v) is 8.83. The van der Waals surface area contributed by atoms with Crippen LogP contribution in [-0.2, 0) is 10.0 Å². The van der Waals surface area contributed by atoms with Crippen LogP contribution < -0.4 is 0 Å². The lowest BCUT2D eigenvalue weighted by molar-refractivity contribution is 0.380. The van der Waals surface area contributed by atoms with E-state index in [2.05, 4.69) is 12.1 Å². The molecule has 0 N–H and O–H groups in total. The van der Waals surface area contributed by atoms with Gasteiger partial charge in [0.05, 0.1) is 18.2 Å². The topological polar surface area (TPSA) is 109 Å². The Hall–Kier alpha value is -2.40. The maximum Gasteiger partial charge on any atom is 0.234 e. The van der Waals surface area contributed by atoms with E-state index in [0.717, 1.165) is 103 Å². The van der Waals surface area contributed by atoms with E-state index in [4.69, 9.17) is 10.5 Å². The lowest BCUT2D eigenvalue weighted by Gasteiger charge is -2.25. The summed E-state index contributed by atoms with van der Waals surface area (Å²) in [7, 11) is -3.77. The number of nitrogens with zero attached hydrogens (tertiary/aromatic N) is 4. The second-order valence-corrected chi connectivity index (χ2v) is 11.9. The third kappa shape index (κ3) is 14.8. The molecular formula is C30H46N4O2S. The molecule has 1 aromatic rings. The van der Waals surface area contributed by atoms with Gasteiger partial charge in [-0.3, -0.25) is 0 Å². The number of hydrogen-bond donors (Lipinski definition) is 0. The van der Waals surface area contributed by atoms with Gasteiger partial charge in [-0.1, -0.05) is 107 Å². The van der Waals surface area contributed by atoms with E-state index in [1.807, 2.05) is 12.1 Å². The molecule has 0 amide bonds. The molecule has 1 unspecified atom stereocenters. The number of hydrogen-bond acceptors (Lipinski definition) is 5. The first kappa shape index (κ1) is 32.6. The van der Waals surface area contributed by atoms with Crippen LogP contribution in [0.2, 0.25) is 0 Å². The largest absolute Gasteiger partial charge is 0.234 e. The summed E-state index contributed by atoms with van der Waals surface area (Å²) in [6, 6.07) is 15.2. The first-order valence-electron chi connectivity index (χ1n) is 14.3. The fourth-order valence-corrected chi connectivity index (χ4v) is 6.26. The van der Waals surface area contributed by atoms with Crippen molar-refractivity contribution in [1.29, 1.82) is 15.8 Å². The smallest absolute Gasteiger partial charge is 0.210 e. The summed E-state index contributed by atoms with van der Waals surface area (Å²) < 4.78 is 28.6. The maximum atomic E-state index is 13.5. The van der Waals surface area contributed by atoms with Crippen molar-refractivity contribution in [2.24, 2.45) is 0 Å². The minimum Gasteiger partial charge on any atom is -0.210 e. The summed E-state index contributed by atoms with van der Waals surface area (Å²) in [5.41, 5.74) is 0.530. The zero-order valence-corrected chi connectivity index (χ0v) is 23.4. The van der Waals surface area contributed by atoms with Crippen molar-refractivity contribution in [3.8, 4) is 18.2 Å². The van der Waals surface area contributed by atoms with Crippen molar-refractivity contribution in [2.75, 3.05) is 13.1 Å². The highest BCUT2D eigenvalue weighted by Gasteiger charge is 2.32. The Bertz CT molecular complexity index is 895. The number of sulfonamides is 1. The van der Waals surface area contributed by atoms with Crippen LogP contribution in [0.15, 0.2) is 30.3 Å². The van der Waals surface area contributed by atoms with E-state index in [9.17, 15) is 13.7 Å². The van der Waals surface area contributed by atoms with Gasteiger partial charge in [-0.2, -0.15) is 15.8 Å². The molecule has 0 aliphatic heterocycles. The zero-order valence-electron chi connectivity index (χ0n) is 22.6. The van der Waals surface area contributed by atoms with Gasteiger partial charge in [0.15, 0.2) is 5.25 Å². The average molecular weight is 527 g/mol. The fraction of sp³-hybridized carbons (Fsp3) is 0.700. The van der Waals surface area contributed by atoms with Crippen LogP contribution in [0.5, 0.6) is 0 Å². The molecule has 1 rings (SSSR count). The van der Waals surface area contributed by atoms with Crippen molar-refractivity contribution in [3.05, 3.63) is 35.9 Å². The molecule has 0 saturated carbocycles. The van der Waals surface area contributed by atoms with E-state index in [1.165, 1.54) is 0 Å². The predicted molar refractivity (Wildman–Crippen MR) is 150 cm³/mol. The van der Waals surface area contributed by atoms with E-state index >= 15 is 0 Å². The van der Waals surface area contributed by atoms with Crippen LogP contribution in [0.3, 0.4) is 0 Å². The summed E-state index contributed by atoms with van der Waals surface area (Å²) in [6.07, 6.45) is 18.1. The average Bonchev–Trinajstić information content (AvgIpc) is 2.90. The van der Waals surface area contributed by atoms with Crippen molar-refractivity contribution < 1.29 is 8.42 Å². The van der Waals surface area contributed by atoms with Gasteiger partial charge in [-0.15, -0.1) is 0 Å². The van der Waals surface area contributed by atoms with Crippen LogP contribution >= 0.6 is 0 Å². The highest BCUT2D eigenvalue weighted by molar-refractivity contribution is 7.89. The van der Waals surface area contributed by atoms with E-state index in [0.29, 0.717) is 31.5 Å². The summed E-state index contributed by atoms with van der Waals surface area (Å²) in [6.45, 7) is 0.933. The van der Waals surface area contributed by atoms with Crippen molar-refractivity contribution in [2.45, 2.75) is 121 Å². The van der Waals surface area contributed by atoms with Gasteiger partial charge in [-0.05, 0) is 31.2 Å². The van der Waals surface area contributed by atoms with Crippen LogP contribution in [-0.4, -0.2) is 25.8 Å². The molecule has 1 atom stereocenters. The molecule has 0 aromatic heterocycles. The summed E-state index contributed by atoms with van der Waals surface area (Å²) in [5, 5.41) is 25.8. The first-order chi connectivity index (χ1) is 18.1. The summed E-state index contributed by atoms with van der Waals surface area (Å²) in [5.74, 6) is 0. The Balaban J connectivity index is 2.52. The molecule has 0 aliphatic rings. The molecule has 0 heterocycles. The molecule has 1 aromatic carbocycles. The van der Waals surface area contributed by atoms with Crippen molar-refractivity contribution in [1.82, 2.24) is 4.31 Å². The number of rotatable bonds is 23. The Morgan fingerprint density at radius 3 is 1.35 bits per heavy atom. The van der Waals surface area contributed by atoms with Gasteiger partial charge in [0.25, 0.3) is 0 Å².